The molecule has 650 valence electrons. The van der Waals surface area contributed by atoms with Gasteiger partial charge in [0.1, 0.15) is 122 Å². The number of hydrogen-bond acceptors (Lipinski definition) is 44. The Hall–Kier alpha value is -9.28. The van der Waals surface area contributed by atoms with Gasteiger partial charge in [0, 0.05) is 57.1 Å². The lowest BCUT2D eigenvalue weighted by Gasteiger charge is -2.26. The smallest absolute Gasteiger partial charge is 0.394 e. The molecule has 15 heterocycles. The third kappa shape index (κ3) is 19.0. The number of aliphatic hydroxyl groups is 2. The molecule has 0 saturated carbocycles. The first kappa shape index (κ1) is 85.7. The lowest BCUT2D eigenvalue weighted by molar-refractivity contribution is -0.0648. The van der Waals surface area contributed by atoms with Gasteiger partial charge in [0.25, 0.3) is 16.7 Å². The zero-order valence-electron chi connectivity index (χ0n) is 61.1. The van der Waals surface area contributed by atoms with Gasteiger partial charge in [0.15, 0.2) is 33.5 Å². The molecule has 5 unspecified atom stereocenters. The Kier molecular flexibility index (Phi) is 24.2. The van der Waals surface area contributed by atoms with Crippen LogP contribution in [0.3, 0.4) is 0 Å². The number of ether oxygens (including phenoxy) is 6. The zero-order valence-corrected chi connectivity index (χ0v) is 65.6. The number of hydrogen-bond donors (Lipinski definition) is 16. The van der Waals surface area contributed by atoms with Crippen LogP contribution in [-0.4, -0.2) is 235 Å². The molecule has 0 aliphatic carbocycles. The number of phosphoric ester groups is 5. The number of nitrogens with two attached hydrogens (primary N) is 6. The fourth-order valence-corrected chi connectivity index (χ4v) is 18.8. The fraction of sp³-hybridized carbons (Fsp3) is 0.526. The van der Waals surface area contributed by atoms with Crippen molar-refractivity contribution < 1.29 is 131 Å². The fourth-order valence-electron chi connectivity index (χ4n) is 14.0. The van der Waals surface area contributed by atoms with Crippen LogP contribution in [0.5, 0.6) is 0 Å². The molecule has 6 saturated heterocycles. The predicted octanol–water partition coefficient (Wildman–Crippen LogP) is -3.76. The first-order valence-electron chi connectivity index (χ1n) is 35.5. The highest BCUT2D eigenvalue weighted by Gasteiger charge is 2.52. The summed E-state index contributed by atoms with van der Waals surface area (Å²) in [7, 11) is -27.5. The van der Waals surface area contributed by atoms with Crippen LogP contribution in [0, 0.1) is 0 Å². The summed E-state index contributed by atoms with van der Waals surface area (Å²) in [6.45, 7) is -5.97. The van der Waals surface area contributed by atoms with Crippen molar-refractivity contribution in [2.24, 2.45) is 0 Å². The molecule has 22 N–H and O–H groups in total. The van der Waals surface area contributed by atoms with Crippen LogP contribution in [0.1, 0.15) is 75.9 Å². The SMILES string of the molecule is Nc1ccn([C@H]2C[C@H](OP(=O)(O)OC[C@H]3O[C@@H](n4cnc5c(=O)[nH]c(N)nc54)C[C@@H]3OP(=O)(O)OC[C@H]3O[C@@H](n4ccc(N)nc4=O)C[C@@H]3OP(=O)(O)OC[C@H]3O[C@@H](n4cnc5c(=O)[nH]c(N)nc54)C[C@@H]3OP(=O)(O)OC[C@H]3O[C@@H](n4ccc(N)nc4=O)C[C@@H]3OP(=O)(O)OC[C@H]3O[C@@H](n4cnc5c(=O)[nH]c(N)nc54)C[C@@H]3O)[C@@H](CO)O2)c(=O)n1. The molecule has 0 aromatic carbocycles. The Morgan fingerprint density at radius 3 is 0.883 bits per heavy atom. The second-order valence-corrected chi connectivity index (χ2v) is 34.5. The maximum Gasteiger partial charge on any atom is 0.472 e. The number of aromatic nitrogens is 18. The number of anilines is 6. The Morgan fingerprint density at radius 2 is 0.608 bits per heavy atom. The van der Waals surface area contributed by atoms with Crippen LogP contribution in [0.2, 0.25) is 0 Å². The number of phosphoric acid groups is 5. The maximum absolute atomic E-state index is 14.4. The molecule has 6 fully saturated rings. The summed E-state index contributed by atoms with van der Waals surface area (Å²) in [5, 5.41) is 21.1. The molecule has 6 aliphatic heterocycles. The van der Waals surface area contributed by atoms with Gasteiger partial charge in [0.05, 0.1) is 64.7 Å². The number of H-pyrrole nitrogens is 3. The monoisotopic (exact) mass is 1790 g/mol. The van der Waals surface area contributed by atoms with E-state index in [4.69, 9.17) is 108 Å². The van der Waals surface area contributed by atoms with Crippen molar-refractivity contribution in [2.45, 2.75) is 149 Å². The van der Waals surface area contributed by atoms with Gasteiger partial charge in [-0.1, -0.05) is 0 Å². The minimum atomic E-state index is -5.65. The predicted molar refractivity (Wildman–Crippen MR) is 394 cm³/mol. The van der Waals surface area contributed by atoms with Gasteiger partial charge in [-0.2, -0.15) is 29.9 Å². The van der Waals surface area contributed by atoms with Gasteiger partial charge in [-0.3, -0.25) is 102 Å². The van der Waals surface area contributed by atoms with Crippen LogP contribution in [0.4, 0.5) is 35.3 Å². The number of nitrogens with zero attached hydrogens (tertiary/aromatic N) is 15. The van der Waals surface area contributed by atoms with E-state index in [0.717, 1.165) is 43.3 Å². The molecule has 0 spiro atoms. The summed E-state index contributed by atoms with van der Waals surface area (Å²) in [4.78, 5) is 177. The largest absolute Gasteiger partial charge is 0.472 e. The lowest BCUT2D eigenvalue weighted by Crippen LogP contribution is -2.32. The molecule has 9 aromatic rings. The quantitative estimate of drug-likeness (QED) is 0.0180. The van der Waals surface area contributed by atoms with E-state index in [9.17, 15) is 86.3 Å². The molecule has 63 heteroatoms. The van der Waals surface area contributed by atoms with Gasteiger partial charge >= 0.3 is 56.2 Å². The van der Waals surface area contributed by atoms with E-state index in [0.29, 0.717) is 0 Å². The third-order valence-corrected chi connectivity index (χ3v) is 24.5. The van der Waals surface area contributed by atoms with Crippen LogP contribution in [0.15, 0.2) is 84.5 Å². The zero-order chi connectivity index (χ0) is 85.4. The van der Waals surface area contributed by atoms with E-state index >= 15 is 0 Å². The summed E-state index contributed by atoms with van der Waals surface area (Å²) in [6.07, 6.45) is -23.1. The van der Waals surface area contributed by atoms with Crippen molar-refractivity contribution >= 4 is 108 Å². The summed E-state index contributed by atoms with van der Waals surface area (Å²) in [5.74, 6) is -1.60. The van der Waals surface area contributed by atoms with E-state index in [1.165, 1.54) is 39.9 Å². The highest BCUT2D eigenvalue weighted by atomic mass is 31.2. The molecule has 120 heavy (non-hydrogen) atoms. The molecule has 9 aromatic heterocycles. The number of nitrogens with one attached hydrogen (secondary N) is 3. The minimum absolute atomic E-state index is 0.00838. The van der Waals surface area contributed by atoms with E-state index < -0.39 is 255 Å². The minimum Gasteiger partial charge on any atom is -0.394 e. The maximum atomic E-state index is 14.4. The van der Waals surface area contributed by atoms with E-state index in [2.05, 4.69) is 59.8 Å². The van der Waals surface area contributed by atoms with E-state index in [-0.39, 0.29) is 75.7 Å². The average Bonchev–Trinajstić information content (AvgIpc) is 1.76. The molecular formula is C57H73N24O34P5. The summed E-state index contributed by atoms with van der Waals surface area (Å²) in [5.41, 5.74) is 28.4. The highest BCUT2D eigenvalue weighted by molar-refractivity contribution is 7.48. The normalized spacial score (nSPS) is 29.7. The van der Waals surface area contributed by atoms with E-state index in [1.807, 2.05) is 0 Å². The Labute approximate surface area is 665 Å². The second kappa shape index (κ2) is 33.9. The van der Waals surface area contributed by atoms with Crippen molar-refractivity contribution in [2.75, 3.05) is 74.0 Å². The third-order valence-electron chi connectivity index (χ3n) is 19.4. The summed E-state index contributed by atoms with van der Waals surface area (Å²) >= 11 is 0. The summed E-state index contributed by atoms with van der Waals surface area (Å²) < 4.78 is 168. The molecule has 15 rings (SSSR count). The van der Waals surface area contributed by atoms with Crippen molar-refractivity contribution in [3.05, 3.63) is 118 Å². The molecule has 0 bridgehead atoms. The van der Waals surface area contributed by atoms with Crippen molar-refractivity contribution in [1.82, 2.24) is 87.2 Å². The Bertz CT molecular complexity index is 6010. The van der Waals surface area contributed by atoms with Crippen molar-refractivity contribution in [1.29, 1.82) is 0 Å². The Morgan fingerprint density at radius 1 is 0.367 bits per heavy atom. The number of aromatic amines is 3. The van der Waals surface area contributed by atoms with Gasteiger partial charge in [0.2, 0.25) is 17.8 Å². The number of imidazole rings is 3. The van der Waals surface area contributed by atoms with Gasteiger partial charge in [-0.15, -0.1) is 0 Å². The Balaban J connectivity index is 0.632. The van der Waals surface area contributed by atoms with Crippen LogP contribution in [-0.2, 0) is 96.5 Å². The van der Waals surface area contributed by atoms with Crippen LogP contribution < -0.4 is 68.1 Å². The van der Waals surface area contributed by atoms with Gasteiger partial charge < -0.3 is 97.5 Å². The molecule has 23 atom stereocenters. The molecular weight excluding hydrogens is 1720 g/mol. The number of nitrogen functional groups attached to an aromatic ring is 6. The summed E-state index contributed by atoms with van der Waals surface area (Å²) in [6, 6.07) is 3.66. The topological polar surface area (TPSA) is 826 Å². The highest BCUT2D eigenvalue weighted by Crippen LogP contribution is 2.56. The number of aliphatic hydroxyl groups excluding tert-OH is 2. The first-order valence-corrected chi connectivity index (χ1v) is 43.0. The van der Waals surface area contributed by atoms with Gasteiger partial charge in [-0.25, -0.2) is 52.2 Å². The van der Waals surface area contributed by atoms with E-state index in [1.54, 1.807) is 0 Å². The second-order valence-electron chi connectivity index (χ2n) is 27.4. The van der Waals surface area contributed by atoms with Crippen molar-refractivity contribution in [3.63, 3.8) is 0 Å². The van der Waals surface area contributed by atoms with Crippen molar-refractivity contribution in [3.8, 4) is 0 Å². The molecule has 0 amide bonds. The number of fused-ring (bicyclic) bond motifs is 3. The first-order chi connectivity index (χ1) is 56.8. The standard InChI is InChI=1S/C57H73N24O34P5/c58-34-1-4-76(55(87)67-34)38-8-23(28(13-82)105-38)111-117(92,93)101-17-32-26(11-41(109-32)80-20-65-44-47(80)71-53(62)74-50(44)85)114-120(98,99)103-16-31-25(10-40(108-31)78-6-3-36(60)69-57(78)89)113-118(94,95)104-18-33-27(12-42(110-33)81-21-66-45-48(81)72-54(63)75-51(45)86)115-119(96,97)102-15-30-24(9-39(107-30)77-5-2-35(59)68-56(77)88)112-116(90,91)100-14-29-22(83)7-37(106-29)79-19-64-43-46(79)70-52(61)73-49(43)84/h1-6,19-33,37-42,82-83H,7-18H2,(H,90,91)(H,92,93)(H,94,95)(H,96,97)(H,98,99)(H2,58,67,87)(H2,59,68,88)(H2,60,69,89)(H3,61,70,73,84)(H3,62,71,74,85)(H3,63,72,75,86)/t22-,23-,24-,25-,26-,27-,28+,29+,30+,31+,32+,33+,37+,38+,39+,40+,41+,42+/m0/s1. The van der Waals surface area contributed by atoms with Crippen LogP contribution >= 0.6 is 39.1 Å². The number of rotatable bonds is 32. The molecule has 58 nitrogen and oxygen atoms in total. The molecule has 0 radical (unpaired) electrons. The van der Waals surface area contributed by atoms with Crippen LogP contribution in [0.25, 0.3) is 33.5 Å². The lowest BCUT2D eigenvalue weighted by atomic mass is 10.2. The molecule has 6 aliphatic rings. The van der Waals surface area contributed by atoms with Gasteiger partial charge in [-0.05, 0) is 18.2 Å². The average molecular weight is 1790 g/mol.